The van der Waals surface area contributed by atoms with Gasteiger partial charge in [0.2, 0.25) is 5.91 Å². The van der Waals surface area contributed by atoms with Gasteiger partial charge in [0, 0.05) is 18.7 Å². The van der Waals surface area contributed by atoms with E-state index in [1.54, 1.807) is 11.3 Å². The Hall–Kier alpha value is -0.630. The fourth-order valence-electron chi connectivity index (χ4n) is 5.84. The number of anilines is 1. The molecule has 2 saturated heterocycles. The Morgan fingerprint density at radius 2 is 1.87 bits per heavy atom. The van der Waals surface area contributed by atoms with Gasteiger partial charge in [-0.1, -0.05) is 43.4 Å². The Bertz CT molecular complexity index is 646. The molecule has 0 radical (unpaired) electrons. The third-order valence-electron chi connectivity index (χ3n) is 7.53. The van der Waals surface area contributed by atoms with Crippen molar-refractivity contribution in [2.45, 2.75) is 74.8 Å². The Morgan fingerprint density at radius 3 is 2.65 bits per heavy atom. The van der Waals surface area contributed by atoms with Crippen LogP contribution in [0, 0.1) is 17.8 Å². The van der Waals surface area contributed by atoms with Crippen LogP contribution in [-0.4, -0.2) is 54.3 Å². The first kappa shape index (κ1) is 23.5. The highest BCUT2D eigenvalue weighted by atomic mass is 32.2. The van der Waals surface area contributed by atoms with E-state index >= 15 is 0 Å². The van der Waals surface area contributed by atoms with E-state index in [1.165, 1.54) is 75.1 Å². The summed E-state index contributed by atoms with van der Waals surface area (Å²) >= 11 is 3.50. The molecule has 3 aliphatic rings. The van der Waals surface area contributed by atoms with Gasteiger partial charge in [0.05, 0.1) is 10.4 Å². The fourth-order valence-corrected chi connectivity index (χ4v) is 7.80. The van der Waals surface area contributed by atoms with Crippen LogP contribution in [0.15, 0.2) is 10.4 Å². The van der Waals surface area contributed by atoms with E-state index in [1.807, 2.05) is 18.0 Å². The van der Waals surface area contributed by atoms with Crippen LogP contribution >= 0.6 is 23.1 Å². The van der Waals surface area contributed by atoms with E-state index in [-0.39, 0.29) is 5.91 Å². The molecule has 3 heterocycles. The molecule has 5 nitrogen and oxygen atoms in total. The van der Waals surface area contributed by atoms with Gasteiger partial charge in [-0.05, 0) is 76.0 Å². The highest BCUT2D eigenvalue weighted by molar-refractivity contribution is 8.01. The summed E-state index contributed by atoms with van der Waals surface area (Å²) in [5.74, 6) is 3.62. The first-order chi connectivity index (χ1) is 15.3. The molecule has 3 fully saturated rings. The lowest BCUT2D eigenvalue weighted by Gasteiger charge is -2.38. The van der Waals surface area contributed by atoms with Gasteiger partial charge in [-0.2, -0.15) is 0 Å². The second-order valence-corrected chi connectivity index (χ2v) is 12.0. The third-order valence-corrected chi connectivity index (χ3v) is 9.62. The first-order valence-corrected chi connectivity index (χ1v) is 14.4. The molecule has 4 rings (SSSR count). The van der Waals surface area contributed by atoms with Gasteiger partial charge in [0.15, 0.2) is 5.13 Å². The third kappa shape index (κ3) is 7.44. The highest BCUT2D eigenvalue weighted by Gasteiger charge is 2.31. The van der Waals surface area contributed by atoms with Crippen LogP contribution in [0.2, 0.25) is 0 Å². The SMILES string of the molecule is O=C(CCC(C1CCCCC1)C1CCNCC1)Nc1ncc(SCCN2CCCC2)s1. The summed E-state index contributed by atoms with van der Waals surface area (Å²) in [7, 11) is 0. The van der Waals surface area contributed by atoms with Crippen molar-refractivity contribution in [3.8, 4) is 0 Å². The second-order valence-electron chi connectivity index (χ2n) is 9.62. The molecule has 1 aliphatic carbocycles. The number of nitrogens with zero attached hydrogens (tertiary/aromatic N) is 2. The predicted octanol–water partition coefficient (Wildman–Crippen LogP) is 5.25. The van der Waals surface area contributed by atoms with E-state index in [0.29, 0.717) is 6.42 Å². The maximum atomic E-state index is 12.7. The van der Waals surface area contributed by atoms with E-state index < -0.39 is 0 Å². The molecule has 1 atom stereocenters. The molecule has 31 heavy (non-hydrogen) atoms. The van der Waals surface area contributed by atoms with Crippen molar-refractivity contribution < 1.29 is 4.79 Å². The molecular formula is C24H40N4OS2. The minimum absolute atomic E-state index is 0.151. The first-order valence-electron chi connectivity index (χ1n) is 12.6. The monoisotopic (exact) mass is 464 g/mol. The van der Waals surface area contributed by atoms with E-state index in [9.17, 15) is 4.79 Å². The summed E-state index contributed by atoms with van der Waals surface area (Å²) in [4.78, 5) is 19.7. The molecule has 0 spiro atoms. The lowest BCUT2D eigenvalue weighted by atomic mass is 9.69. The lowest BCUT2D eigenvalue weighted by Crippen LogP contribution is -2.35. The number of thiazole rings is 1. The number of hydrogen-bond acceptors (Lipinski definition) is 6. The Balaban J connectivity index is 1.21. The van der Waals surface area contributed by atoms with Crippen LogP contribution in [0.1, 0.15) is 70.6 Å². The molecule has 1 saturated carbocycles. The number of rotatable bonds is 10. The molecule has 1 aromatic rings. The van der Waals surface area contributed by atoms with Crippen LogP contribution in [0.5, 0.6) is 0 Å². The van der Waals surface area contributed by atoms with Crippen LogP contribution in [0.3, 0.4) is 0 Å². The number of piperidine rings is 1. The van der Waals surface area contributed by atoms with E-state index in [2.05, 4.69) is 20.5 Å². The quantitative estimate of drug-likeness (QED) is 0.463. The van der Waals surface area contributed by atoms with Crippen LogP contribution in [0.25, 0.3) is 0 Å². The van der Waals surface area contributed by atoms with Gasteiger partial charge in [-0.15, -0.1) is 11.8 Å². The van der Waals surface area contributed by atoms with Gasteiger partial charge in [-0.3, -0.25) is 4.79 Å². The number of nitrogens with one attached hydrogen (secondary N) is 2. The van der Waals surface area contributed by atoms with Crippen LogP contribution in [0.4, 0.5) is 5.13 Å². The summed E-state index contributed by atoms with van der Waals surface area (Å²) in [6, 6.07) is 0. The summed E-state index contributed by atoms with van der Waals surface area (Å²) in [5.41, 5.74) is 0. The predicted molar refractivity (Wildman–Crippen MR) is 132 cm³/mol. The molecule has 1 amide bonds. The normalized spacial score (nSPS) is 22.6. The molecular weight excluding hydrogens is 424 g/mol. The van der Waals surface area contributed by atoms with E-state index in [4.69, 9.17) is 0 Å². The average molecular weight is 465 g/mol. The largest absolute Gasteiger partial charge is 0.317 e. The van der Waals surface area contributed by atoms with Crippen LogP contribution in [-0.2, 0) is 4.79 Å². The molecule has 1 aromatic heterocycles. The molecule has 0 aromatic carbocycles. The summed E-state index contributed by atoms with van der Waals surface area (Å²) in [6.07, 6.45) is 15.8. The smallest absolute Gasteiger partial charge is 0.226 e. The Morgan fingerprint density at radius 1 is 1.13 bits per heavy atom. The summed E-state index contributed by atoms with van der Waals surface area (Å²) in [6.45, 7) is 5.96. The van der Waals surface area contributed by atoms with Crippen molar-refractivity contribution in [1.29, 1.82) is 0 Å². The lowest BCUT2D eigenvalue weighted by molar-refractivity contribution is -0.116. The zero-order valence-corrected chi connectivity index (χ0v) is 20.6. The zero-order valence-electron chi connectivity index (χ0n) is 18.9. The molecule has 2 aliphatic heterocycles. The maximum absolute atomic E-state index is 12.7. The number of carbonyl (C=O) groups is 1. The zero-order chi connectivity index (χ0) is 21.3. The Labute approximate surface area is 196 Å². The highest BCUT2D eigenvalue weighted by Crippen LogP contribution is 2.39. The molecule has 0 bridgehead atoms. The molecule has 174 valence electrons. The second kappa shape index (κ2) is 12.6. The maximum Gasteiger partial charge on any atom is 0.226 e. The standard InChI is InChI=1S/C24H40N4OS2/c29-22(27-24-26-18-23(31-24)30-17-16-28-14-4-5-15-28)9-8-21(19-6-2-1-3-7-19)20-10-12-25-13-11-20/h18-21,25H,1-17H2,(H,26,27,29). The van der Waals surface area contributed by atoms with Crippen molar-refractivity contribution in [1.82, 2.24) is 15.2 Å². The van der Waals surface area contributed by atoms with Gasteiger partial charge in [-0.25, -0.2) is 4.98 Å². The number of aromatic nitrogens is 1. The minimum atomic E-state index is 0.151. The van der Waals surface area contributed by atoms with Gasteiger partial charge < -0.3 is 15.5 Å². The summed E-state index contributed by atoms with van der Waals surface area (Å²) in [5, 5.41) is 7.37. The van der Waals surface area contributed by atoms with Crippen LogP contribution < -0.4 is 10.6 Å². The number of carbonyl (C=O) groups excluding carboxylic acids is 1. The molecule has 2 N–H and O–H groups in total. The topological polar surface area (TPSA) is 57.3 Å². The van der Waals surface area contributed by atoms with Crippen molar-refractivity contribution in [3.05, 3.63) is 6.20 Å². The Kier molecular flexibility index (Phi) is 9.54. The molecule has 1 unspecified atom stereocenters. The van der Waals surface area contributed by atoms with Crippen molar-refractivity contribution in [2.24, 2.45) is 17.8 Å². The van der Waals surface area contributed by atoms with Crippen molar-refractivity contribution >= 4 is 34.1 Å². The van der Waals surface area contributed by atoms with Gasteiger partial charge in [0.1, 0.15) is 0 Å². The molecule has 7 heteroatoms. The van der Waals surface area contributed by atoms with Gasteiger partial charge >= 0.3 is 0 Å². The minimum Gasteiger partial charge on any atom is -0.317 e. The van der Waals surface area contributed by atoms with E-state index in [0.717, 1.165) is 54.7 Å². The number of likely N-dealkylation sites (tertiary alicyclic amines) is 1. The number of hydrogen-bond donors (Lipinski definition) is 2. The number of thioether (sulfide) groups is 1. The summed E-state index contributed by atoms with van der Waals surface area (Å²) < 4.78 is 1.21. The average Bonchev–Trinajstić information content (AvgIpc) is 3.48. The van der Waals surface area contributed by atoms with Crippen molar-refractivity contribution in [2.75, 3.05) is 43.8 Å². The number of amides is 1. The van der Waals surface area contributed by atoms with Crippen molar-refractivity contribution in [3.63, 3.8) is 0 Å². The van der Waals surface area contributed by atoms with Gasteiger partial charge in [0.25, 0.3) is 0 Å². The fraction of sp³-hybridized carbons (Fsp3) is 0.833.